The summed E-state index contributed by atoms with van der Waals surface area (Å²) in [6, 6.07) is 0. The average molecular weight is 473 g/mol. The quantitative estimate of drug-likeness (QED) is 0.424. The van der Waals surface area contributed by atoms with Crippen LogP contribution in [-0.2, 0) is 9.59 Å². The third-order valence-corrected chi connectivity index (χ3v) is 12.4. The zero-order chi connectivity index (χ0) is 25.1. The normalized spacial score (nSPS) is 44.7. The van der Waals surface area contributed by atoms with Crippen molar-refractivity contribution in [2.45, 2.75) is 106 Å². The standard InChI is InChI=1S/C30H48O4/c1-19(8-7-9-20(18-31)26(33)34)21-12-16-30(6)23-10-11-24-27(2,3)25(32)14-15-28(24,4)22(23)13-17-29(21,30)5/h9,19,21-24,31H,7-8,10-18H2,1-6H3,(H,33,34)/b20-9+/t19-,21-,22+,23-,24-,28+,29-,30+/m0/s1. The molecule has 4 aliphatic rings. The van der Waals surface area contributed by atoms with Crippen LogP contribution in [0.5, 0.6) is 0 Å². The number of rotatable bonds is 6. The molecule has 0 aromatic rings. The Morgan fingerprint density at radius 1 is 1.00 bits per heavy atom. The van der Waals surface area contributed by atoms with Crippen LogP contribution in [0, 0.1) is 51.2 Å². The van der Waals surface area contributed by atoms with Gasteiger partial charge >= 0.3 is 5.97 Å². The van der Waals surface area contributed by atoms with E-state index < -0.39 is 12.6 Å². The Kier molecular flexibility index (Phi) is 6.67. The van der Waals surface area contributed by atoms with E-state index in [2.05, 4.69) is 41.5 Å². The number of allylic oxidation sites excluding steroid dienone is 1. The van der Waals surface area contributed by atoms with Crippen molar-refractivity contribution in [3.05, 3.63) is 11.6 Å². The van der Waals surface area contributed by atoms with Gasteiger partial charge in [-0.15, -0.1) is 0 Å². The number of carbonyl (C=O) groups is 2. The fourth-order valence-corrected chi connectivity index (χ4v) is 10.2. The van der Waals surface area contributed by atoms with Gasteiger partial charge in [-0.2, -0.15) is 0 Å². The molecule has 0 bridgehead atoms. The maximum atomic E-state index is 12.8. The highest BCUT2D eigenvalue weighted by atomic mass is 16.4. The number of Topliss-reactive ketones (excluding diaryl/α,β-unsaturated/α-hetero) is 1. The number of aliphatic hydroxyl groups is 1. The van der Waals surface area contributed by atoms with Crippen molar-refractivity contribution < 1.29 is 19.8 Å². The van der Waals surface area contributed by atoms with Crippen LogP contribution in [0.2, 0.25) is 0 Å². The van der Waals surface area contributed by atoms with Gasteiger partial charge in [0.05, 0.1) is 12.2 Å². The van der Waals surface area contributed by atoms with Gasteiger partial charge in [0.15, 0.2) is 0 Å². The summed E-state index contributed by atoms with van der Waals surface area (Å²) in [4.78, 5) is 24.0. The summed E-state index contributed by atoms with van der Waals surface area (Å²) in [6.07, 6.45) is 12.9. The smallest absolute Gasteiger partial charge is 0.333 e. The first-order valence-electron chi connectivity index (χ1n) is 13.9. The van der Waals surface area contributed by atoms with Crippen molar-refractivity contribution in [3.63, 3.8) is 0 Å². The van der Waals surface area contributed by atoms with Gasteiger partial charge in [0, 0.05) is 11.8 Å². The predicted octanol–water partition coefficient (Wildman–Crippen LogP) is 6.66. The second-order valence-electron chi connectivity index (χ2n) is 13.8. The molecule has 2 N–H and O–H groups in total. The van der Waals surface area contributed by atoms with Crippen LogP contribution < -0.4 is 0 Å². The van der Waals surface area contributed by atoms with Crippen LogP contribution in [0.3, 0.4) is 0 Å². The molecule has 0 aromatic carbocycles. The van der Waals surface area contributed by atoms with Gasteiger partial charge in [-0.25, -0.2) is 4.79 Å². The van der Waals surface area contributed by atoms with E-state index in [-0.39, 0.29) is 16.4 Å². The summed E-state index contributed by atoms with van der Waals surface area (Å²) in [6.45, 7) is 14.1. The SMILES string of the molecule is C[C@@H](CC/C=C(\CO)C(=O)O)[C@@H]1CC[C@]2(C)[C@H]3CC[C@H]4C(C)(C)C(=O)CC[C@]4(C)[C@@H]3CC[C@@]12C. The van der Waals surface area contributed by atoms with Gasteiger partial charge in [-0.05, 0) is 104 Å². The van der Waals surface area contributed by atoms with E-state index in [1.165, 1.54) is 38.5 Å². The van der Waals surface area contributed by atoms with Crippen LogP contribution in [0.1, 0.15) is 106 Å². The molecule has 4 fully saturated rings. The van der Waals surface area contributed by atoms with Crippen molar-refractivity contribution in [1.29, 1.82) is 0 Å². The predicted molar refractivity (Wildman–Crippen MR) is 135 cm³/mol. The maximum Gasteiger partial charge on any atom is 0.333 e. The molecule has 4 heteroatoms. The summed E-state index contributed by atoms with van der Waals surface area (Å²) in [7, 11) is 0. The fraction of sp³-hybridized carbons (Fsp3) is 0.867. The lowest BCUT2D eigenvalue weighted by molar-refractivity contribution is -0.183. The van der Waals surface area contributed by atoms with Gasteiger partial charge in [0.2, 0.25) is 0 Å². The van der Waals surface area contributed by atoms with E-state index in [9.17, 15) is 19.8 Å². The topological polar surface area (TPSA) is 74.6 Å². The second-order valence-corrected chi connectivity index (χ2v) is 13.8. The molecule has 34 heavy (non-hydrogen) atoms. The summed E-state index contributed by atoms with van der Waals surface area (Å²) in [5, 5.41) is 18.5. The van der Waals surface area contributed by atoms with Crippen LogP contribution >= 0.6 is 0 Å². The van der Waals surface area contributed by atoms with Crippen LogP contribution in [0.15, 0.2) is 11.6 Å². The second kappa shape index (κ2) is 8.75. The summed E-state index contributed by atoms with van der Waals surface area (Å²) in [5.41, 5.74) is 0.906. The molecule has 0 aromatic heterocycles. The molecular formula is C30H48O4. The minimum Gasteiger partial charge on any atom is -0.478 e. The van der Waals surface area contributed by atoms with Crippen molar-refractivity contribution in [2.75, 3.05) is 6.61 Å². The Morgan fingerprint density at radius 3 is 2.32 bits per heavy atom. The molecule has 4 aliphatic carbocycles. The zero-order valence-corrected chi connectivity index (χ0v) is 22.5. The summed E-state index contributed by atoms with van der Waals surface area (Å²) >= 11 is 0. The van der Waals surface area contributed by atoms with Gasteiger partial charge in [0.1, 0.15) is 5.78 Å². The average Bonchev–Trinajstić information content (AvgIpc) is 3.05. The highest BCUT2D eigenvalue weighted by molar-refractivity contribution is 5.86. The van der Waals surface area contributed by atoms with Crippen LogP contribution in [-0.4, -0.2) is 28.6 Å². The van der Waals surface area contributed by atoms with Gasteiger partial charge in [-0.3, -0.25) is 4.79 Å². The number of carboxylic acids is 1. The molecule has 0 spiro atoms. The van der Waals surface area contributed by atoms with E-state index in [4.69, 9.17) is 0 Å². The van der Waals surface area contributed by atoms with E-state index in [0.717, 1.165) is 37.5 Å². The van der Waals surface area contributed by atoms with Crippen molar-refractivity contribution >= 4 is 11.8 Å². The Labute approximate surface area is 207 Å². The van der Waals surface area contributed by atoms with Gasteiger partial charge < -0.3 is 10.2 Å². The van der Waals surface area contributed by atoms with Gasteiger partial charge in [-0.1, -0.05) is 47.6 Å². The highest BCUT2D eigenvalue weighted by Gasteiger charge is 2.67. The minimum atomic E-state index is -1.01. The third kappa shape index (κ3) is 3.64. The molecule has 0 aliphatic heterocycles. The molecule has 4 rings (SSSR count). The van der Waals surface area contributed by atoms with E-state index in [1.54, 1.807) is 6.08 Å². The van der Waals surface area contributed by atoms with Crippen molar-refractivity contribution in [2.24, 2.45) is 51.2 Å². The van der Waals surface area contributed by atoms with Gasteiger partial charge in [0.25, 0.3) is 0 Å². The van der Waals surface area contributed by atoms with Crippen molar-refractivity contribution in [3.8, 4) is 0 Å². The third-order valence-electron chi connectivity index (χ3n) is 12.4. The molecule has 192 valence electrons. The molecule has 0 radical (unpaired) electrons. The lowest BCUT2D eigenvalue weighted by Gasteiger charge is -2.66. The number of hydrogen-bond donors (Lipinski definition) is 2. The molecule has 8 atom stereocenters. The number of carboxylic acid groups (broad SMARTS) is 1. The largest absolute Gasteiger partial charge is 0.478 e. The Morgan fingerprint density at radius 2 is 1.68 bits per heavy atom. The molecule has 0 saturated heterocycles. The Balaban J connectivity index is 1.53. The Hall–Kier alpha value is -1.16. The zero-order valence-electron chi connectivity index (χ0n) is 22.5. The first kappa shape index (κ1) is 25.9. The Bertz CT molecular complexity index is 858. The number of aliphatic carboxylic acids is 1. The molecule has 4 nitrogen and oxygen atoms in total. The first-order chi connectivity index (χ1) is 15.8. The van der Waals surface area contributed by atoms with Crippen LogP contribution in [0.4, 0.5) is 0 Å². The van der Waals surface area contributed by atoms with Crippen molar-refractivity contribution in [1.82, 2.24) is 0 Å². The summed E-state index contributed by atoms with van der Waals surface area (Å²) < 4.78 is 0. The number of ketones is 1. The number of hydrogen-bond acceptors (Lipinski definition) is 3. The molecule has 0 unspecified atom stereocenters. The first-order valence-corrected chi connectivity index (χ1v) is 13.9. The van der Waals surface area contributed by atoms with Crippen LogP contribution in [0.25, 0.3) is 0 Å². The maximum absolute atomic E-state index is 12.8. The van der Waals surface area contributed by atoms with E-state index in [1.807, 2.05) is 0 Å². The molecule has 0 amide bonds. The number of fused-ring (bicyclic) bond motifs is 5. The fourth-order valence-electron chi connectivity index (χ4n) is 10.2. The lowest BCUT2D eigenvalue weighted by atomic mass is 9.38. The highest BCUT2D eigenvalue weighted by Crippen LogP contribution is 2.74. The van der Waals surface area contributed by atoms with E-state index in [0.29, 0.717) is 34.4 Å². The number of carbonyl (C=O) groups excluding carboxylic acids is 1. The summed E-state index contributed by atoms with van der Waals surface area (Å²) in [5.74, 6) is 2.70. The molecule has 0 heterocycles. The molecular weight excluding hydrogens is 424 g/mol. The molecule has 4 saturated carbocycles. The number of aliphatic hydroxyl groups excluding tert-OH is 1. The minimum absolute atomic E-state index is 0.120. The lowest BCUT2D eigenvalue weighted by Crippen LogP contribution is -2.61. The van der Waals surface area contributed by atoms with E-state index >= 15 is 0 Å². The monoisotopic (exact) mass is 472 g/mol.